The zero-order valence-electron chi connectivity index (χ0n) is 14.0. The van der Waals surface area contributed by atoms with E-state index in [0.717, 1.165) is 27.8 Å². The molecule has 2 N–H and O–H groups in total. The van der Waals surface area contributed by atoms with Gasteiger partial charge in [-0.1, -0.05) is 6.58 Å². The minimum atomic E-state index is -0.0613. The summed E-state index contributed by atoms with van der Waals surface area (Å²) in [4.78, 5) is 25.6. The molecule has 0 aliphatic carbocycles. The second kappa shape index (κ2) is 6.21. The molecular formula is C17H20N6O2. The summed E-state index contributed by atoms with van der Waals surface area (Å²) in [5.74, 6) is 0. The van der Waals surface area contributed by atoms with Crippen molar-refractivity contribution in [2.24, 2.45) is 0 Å². The first-order chi connectivity index (χ1) is 12.2. The monoisotopic (exact) mass is 340 g/mol. The fourth-order valence-electron chi connectivity index (χ4n) is 3.05. The molecule has 1 aliphatic rings. The quantitative estimate of drug-likeness (QED) is 0.741. The van der Waals surface area contributed by atoms with Gasteiger partial charge >= 0.3 is 6.03 Å². The van der Waals surface area contributed by atoms with Crippen LogP contribution in [0.2, 0.25) is 0 Å². The first-order valence-corrected chi connectivity index (χ1v) is 8.20. The van der Waals surface area contributed by atoms with Crippen LogP contribution in [-0.4, -0.2) is 63.3 Å². The number of nitrogens with one attached hydrogen (secondary N) is 2. The molecule has 4 heterocycles. The highest BCUT2D eigenvalue weighted by molar-refractivity contribution is 6.02. The van der Waals surface area contributed by atoms with E-state index < -0.39 is 0 Å². The highest BCUT2D eigenvalue weighted by Crippen LogP contribution is 2.25. The van der Waals surface area contributed by atoms with Crippen LogP contribution in [0.5, 0.6) is 0 Å². The molecule has 8 nitrogen and oxygen atoms in total. The van der Waals surface area contributed by atoms with Gasteiger partial charge in [-0.15, -0.1) is 0 Å². The number of hydrogen-bond acceptors (Lipinski definition) is 4. The molecule has 4 rings (SSSR count). The third kappa shape index (κ3) is 2.74. The fourth-order valence-corrected chi connectivity index (χ4v) is 3.05. The van der Waals surface area contributed by atoms with Crippen molar-refractivity contribution >= 4 is 33.8 Å². The van der Waals surface area contributed by atoms with Gasteiger partial charge in [0.1, 0.15) is 17.5 Å². The average molecular weight is 340 g/mol. The number of nitrogens with zero attached hydrogens (tertiary/aromatic N) is 4. The lowest BCUT2D eigenvalue weighted by molar-refractivity contribution is -0.00756. The highest BCUT2D eigenvalue weighted by Gasteiger charge is 2.30. The molecule has 0 saturated carbocycles. The predicted molar refractivity (Wildman–Crippen MR) is 95.1 cm³/mol. The van der Waals surface area contributed by atoms with Gasteiger partial charge in [0, 0.05) is 37.4 Å². The van der Waals surface area contributed by atoms with Crippen LogP contribution in [0.1, 0.15) is 6.42 Å². The van der Waals surface area contributed by atoms with Crippen molar-refractivity contribution < 1.29 is 9.53 Å². The number of urea groups is 1. The maximum absolute atomic E-state index is 12.0. The topological polar surface area (TPSA) is 88.1 Å². The molecule has 0 unspecified atom stereocenters. The minimum Gasteiger partial charge on any atom is -0.378 e. The van der Waals surface area contributed by atoms with E-state index in [4.69, 9.17) is 4.74 Å². The summed E-state index contributed by atoms with van der Waals surface area (Å²) in [6.07, 6.45) is 6.15. The third-order valence-corrected chi connectivity index (χ3v) is 4.59. The molecule has 130 valence electrons. The zero-order valence-corrected chi connectivity index (χ0v) is 14.0. The molecule has 0 radical (unpaired) electrons. The predicted octanol–water partition coefficient (Wildman–Crippen LogP) is 1.81. The molecule has 1 fully saturated rings. The molecule has 2 amide bonds. The van der Waals surface area contributed by atoms with Crippen molar-refractivity contribution in [2.45, 2.75) is 12.5 Å². The maximum atomic E-state index is 12.0. The van der Waals surface area contributed by atoms with Crippen LogP contribution in [0.3, 0.4) is 0 Å². The van der Waals surface area contributed by atoms with Crippen molar-refractivity contribution in [1.29, 1.82) is 0 Å². The lowest BCUT2D eigenvalue weighted by Gasteiger charge is -2.37. The lowest BCUT2D eigenvalue weighted by atomic mass is 10.2. The molecule has 1 aliphatic heterocycles. The SMILES string of the molecule is C=C(CCNC(=O)N1CC(OC)C1)n1cnc2cnc3[nH]ccc3c21. The summed E-state index contributed by atoms with van der Waals surface area (Å²) in [5, 5.41) is 3.93. The lowest BCUT2D eigenvalue weighted by Crippen LogP contribution is -2.57. The molecule has 3 aromatic rings. The highest BCUT2D eigenvalue weighted by atomic mass is 16.5. The van der Waals surface area contributed by atoms with Crippen molar-refractivity contribution in [3.63, 3.8) is 0 Å². The second-order valence-corrected chi connectivity index (χ2v) is 6.16. The van der Waals surface area contributed by atoms with Gasteiger partial charge in [-0.2, -0.15) is 0 Å². The van der Waals surface area contributed by atoms with Crippen LogP contribution in [0, 0.1) is 0 Å². The zero-order chi connectivity index (χ0) is 17.4. The summed E-state index contributed by atoms with van der Waals surface area (Å²) in [7, 11) is 1.66. The summed E-state index contributed by atoms with van der Waals surface area (Å²) < 4.78 is 7.14. The standard InChI is InChI=1S/C17H20N6O2/c1-11(3-5-19-17(24)22-8-12(9-22)25-2)23-10-21-14-7-20-16-13(15(14)23)4-6-18-16/h4,6-7,10,12H,1,3,5,8-9H2,2H3,(H,18,20)(H,19,24). The van der Waals surface area contributed by atoms with E-state index in [0.29, 0.717) is 26.1 Å². The Balaban J connectivity index is 1.41. The molecule has 3 aromatic heterocycles. The van der Waals surface area contributed by atoms with E-state index in [-0.39, 0.29) is 12.1 Å². The van der Waals surface area contributed by atoms with Gasteiger partial charge in [0.2, 0.25) is 0 Å². The van der Waals surface area contributed by atoms with Crippen LogP contribution in [-0.2, 0) is 4.74 Å². The van der Waals surface area contributed by atoms with Crippen LogP contribution >= 0.6 is 0 Å². The van der Waals surface area contributed by atoms with E-state index in [2.05, 4.69) is 26.8 Å². The number of methoxy groups -OCH3 is 1. The number of H-pyrrole nitrogens is 1. The van der Waals surface area contributed by atoms with Crippen molar-refractivity contribution in [3.8, 4) is 0 Å². The second-order valence-electron chi connectivity index (χ2n) is 6.16. The normalized spacial score (nSPS) is 14.8. The van der Waals surface area contributed by atoms with Crippen LogP contribution in [0.25, 0.3) is 27.8 Å². The average Bonchev–Trinajstić information content (AvgIpc) is 3.19. The number of ether oxygens (including phenoxy) is 1. The van der Waals surface area contributed by atoms with Gasteiger partial charge < -0.3 is 24.5 Å². The number of imidazole rings is 1. The van der Waals surface area contributed by atoms with Gasteiger partial charge in [0.15, 0.2) is 0 Å². The van der Waals surface area contributed by atoms with Crippen molar-refractivity contribution in [1.82, 2.24) is 29.7 Å². The summed E-state index contributed by atoms with van der Waals surface area (Å²) in [5.41, 5.74) is 3.49. The number of aromatic amines is 1. The molecule has 0 spiro atoms. The number of carbonyl (C=O) groups is 1. The smallest absolute Gasteiger partial charge is 0.317 e. The first kappa shape index (κ1) is 15.6. The first-order valence-electron chi connectivity index (χ1n) is 8.20. The maximum Gasteiger partial charge on any atom is 0.317 e. The van der Waals surface area contributed by atoms with Gasteiger partial charge in [0.05, 0.1) is 30.9 Å². The Morgan fingerprint density at radius 1 is 1.48 bits per heavy atom. The Bertz CT molecular complexity index is 937. The Labute approximate surface area is 144 Å². The number of fused-ring (bicyclic) bond motifs is 3. The molecule has 25 heavy (non-hydrogen) atoms. The molecule has 0 atom stereocenters. The number of amides is 2. The number of aromatic nitrogens is 4. The number of likely N-dealkylation sites (tertiary alicyclic amines) is 1. The Morgan fingerprint density at radius 2 is 2.32 bits per heavy atom. The van der Waals surface area contributed by atoms with Crippen molar-refractivity contribution in [3.05, 3.63) is 31.4 Å². The summed E-state index contributed by atoms with van der Waals surface area (Å²) in [6.45, 7) is 5.96. The minimum absolute atomic E-state index is 0.0613. The number of rotatable bonds is 5. The van der Waals surface area contributed by atoms with Gasteiger partial charge in [0.25, 0.3) is 0 Å². The molecular weight excluding hydrogens is 320 g/mol. The summed E-state index contributed by atoms with van der Waals surface area (Å²) >= 11 is 0. The van der Waals surface area contributed by atoms with Crippen LogP contribution in [0.4, 0.5) is 4.79 Å². The number of carbonyl (C=O) groups excluding carboxylic acids is 1. The summed E-state index contributed by atoms with van der Waals surface area (Å²) in [6, 6.07) is 1.92. The molecule has 1 saturated heterocycles. The van der Waals surface area contributed by atoms with E-state index in [1.807, 2.05) is 16.8 Å². The van der Waals surface area contributed by atoms with Gasteiger partial charge in [-0.3, -0.25) is 0 Å². The Hall–Kier alpha value is -2.87. The fraction of sp³-hybridized carbons (Fsp3) is 0.353. The van der Waals surface area contributed by atoms with Crippen LogP contribution in [0.15, 0.2) is 31.4 Å². The van der Waals surface area contributed by atoms with Gasteiger partial charge in [-0.05, 0) is 6.07 Å². The van der Waals surface area contributed by atoms with E-state index in [1.54, 1.807) is 24.5 Å². The van der Waals surface area contributed by atoms with E-state index in [9.17, 15) is 4.79 Å². The van der Waals surface area contributed by atoms with E-state index >= 15 is 0 Å². The van der Waals surface area contributed by atoms with Crippen molar-refractivity contribution in [2.75, 3.05) is 26.7 Å². The molecule has 0 aromatic carbocycles. The van der Waals surface area contributed by atoms with Gasteiger partial charge in [-0.25, -0.2) is 14.8 Å². The largest absolute Gasteiger partial charge is 0.378 e. The molecule has 8 heteroatoms. The van der Waals surface area contributed by atoms with E-state index in [1.165, 1.54) is 0 Å². The Kier molecular flexibility index (Phi) is 3.89. The number of pyridine rings is 1. The van der Waals surface area contributed by atoms with Crippen LogP contribution < -0.4 is 5.32 Å². The molecule has 0 bridgehead atoms. The number of hydrogen-bond donors (Lipinski definition) is 2. The third-order valence-electron chi connectivity index (χ3n) is 4.59. The Morgan fingerprint density at radius 3 is 3.12 bits per heavy atom.